The van der Waals surface area contributed by atoms with Crippen LogP contribution in [-0.2, 0) is 4.79 Å². The van der Waals surface area contributed by atoms with Gasteiger partial charge in [0, 0.05) is 17.2 Å². The van der Waals surface area contributed by atoms with Crippen LogP contribution in [0.25, 0.3) is 0 Å². The third-order valence-electron chi connectivity index (χ3n) is 2.63. The number of nitrogens with zero attached hydrogens (tertiary/aromatic N) is 1. The minimum atomic E-state index is -1.45. The van der Waals surface area contributed by atoms with E-state index in [1.165, 1.54) is 26.0 Å². The predicted molar refractivity (Wildman–Crippen MR) is 67.0 cm³/mol. The van der Waals surface area contributed by atoms with Gasteiger partial charge in [0.1, 0.15) is 5.54 Å². The number of aliphatic carboxylic acids is 1. The number of carbonyl (C=O) groups excluding carboxylic acids is 1. The number of nitro groups is 1. The molecule has 1 rings (SSSR count). The van der Waals surface area contributed by atoms with Crippen LogP contribution in [0.3, 0.4) is 0 Å². The predicted octanol–water partition coefficient (Wildman–Crippen LogP) is 1.50. The number of aryl methyl sites for hydroxylation is 1. The van der Waals surface area contributed by atoms with E-state index in [1.807, 2.05) is 0 Å². The maximum absolute atomic E-state index is 11.9. The first-order chi connectivity index (χ1) is 8.65. The van der Waals surface area contributed by atoms with Gasteiger partial charge in [-0.1, -0.05) is 6.07 Å². The summed E-state index contributed by atoms with van der Waals surface area (Å²) in [6.45, 7) is 4.21. The highest BCUT2D eigenvalue weighted by Gasteiger charge is 2.29. The van der Waals surface area contributed by atoms with Gasteiger partial charge in [-0.15, -0.1) is 0 Å². The number of amides is 1. The third kappa shape index (κ3) is 3.27. The van der Waals surface area contributed by atoms with Crippen molar-refractivity contribution in [3.8, 4) is 0 Å². The summed E-state index contributed by atoms with van der Waals surface area (Å²) in [4.78, 5) is 32.9. The molecule has 1 aromatic carbocycles. The van der Waals surface area contributed by atoms with Crippen LogP contribution >= 0.6 is 0 Å². The summed E-state index contributed by atoms with van der Waals surface area (Å²) in [6, 6.07) is 3.99. The van der Waals surface area contributed by atoms with Crippen molar-refractivity contribution in [1.82, 2.24) is 5.32 Å². The average molecular weight is 266 g/mol. The van der Waals surface area contributed by atoms with Crippen molar-refractivity contribution in [2.24, 2.45) is 0 Å². The van der Waals surface area contributed by atoms with Crippen LogP contribution in [0, 0.1) is 17.0 Å². The molecule has 102 valence electrons. The number of nitrogens with one attached hydrogen (secondary N) is 1. The zero-order chi connectivity index (χ0) is 14.8. The van der Waals surface area contributed by atoms with Crippen LogP contribution in [-0.4, -0.2) is 27.4 Å². The van der Waals surface area contributed by atoms with E-state index in [2.05, 4.69) is 5.32 Å². The van der Waals surface area contributed by atoms with Gasteiger partial charge in [0.15, 0.2) is 0 Å². The van der Waals surface area contributed by atoms with Crippen LogP contribution in [0.15, 0.2) is 18.2 Å². The second kappa shape index (κ2) is 5.05. The zero-order valence-electron chi connectivity index (χ0n) is 10.8. The van der Waals surface area contributed by atoms with E-state index in [9.17, 15) is 19.7 Å². The van der Waals surface area contributed by atoms with Crippen molar-refractivity contribution in [2.45, 2.75) is 26.3 Å². The molecule has 0 bridgehead atoms. The van der Waals surface area contributed by atoms with Crippen LogP contribution in [0.5, 0.6) is 0 Å². The zero-order valence-corrected chi connectivity index (χ0v) is 10.8. The Morgan fingerprint density at radius 1 is 1.37 bits per heavy atom. The van der Waals surface area contributed by atoms with E-state index in [-0.39, 0.29) is 11.3 Å². The maximum atomic E-state index is 11.9. The van der Waals surface area contributed by atoms with Crippen molar-refractivity contribution in [3.05, 3.63) is 39.4 Å². The van der Waals surface area contributed by atoms with Gasteiger partial charge < -0.3 is 10.4 Å². The van der Waals surface area contributed by atoms with Gasteiger partial charge in [0.05, 0.1) is 4.92 Å². The summed E-state index contributed by atoms with van der Waals surface area (Å²) in [7, 11) is 0. The molecule has 7 nitrogen and oxygen atoms in total. The Morgan fingerprint density at radius 2 is 1.95 bits per heavy atom. The Hall–Kier alpha value is -2.44. The molecule has 0 radical (unpaired) electrons. The molecule has 2 N–H and O–H groups in total. The van der Waals surface area contributed by atoms with Crippen LogP contribution in [0.2, 0.25) is 0 Å². The van der Waals surface area contributed by atoms with Gasteiger partial charge >= 0.3 is 5.97 Å². The van der Waals surface area contributed by atoms with Crippen molar-refractivity contribution in [3.63, 3.8) is 0 Å². The van der Waals surface area contributed by atoms with Crippen molar-refractivity contribution < 1.29 is 19.6 Å². The quantitative estimate of drug-likeness (QED) is 0.633. The molecule has 0 heterocycles. The van der Waals surface area contributed by atoms with Crippen LogP contribution < -0.4 is 5.32 Å². The Bertz CT molecular complexity index is 551. The Balaban J connectivity index is 3.05. The fourth-order valence-electron chi connectivity index (χ4n) is 1.36. The third-order valence-corrected chi connectivity index (χ3v) is 2.63. The molecule has 0 aliphatic carbocycles. The molecule has 0 fully saturated rings. The van der Waals surface area contributed by atoms with Gasteiger partial charge in [-0.3, -0.25) is 14.9 Å². The fraction of sp³-hybridized carbons (Fsp3) is 0.333. The van der Waals surface area contributed by atoms with E-state index in [0.717, 1.165) is 6.07 Å². The molecule has 0 spiro atoms. The molecule has 0 saturated carbocycles. The van der Waals surface area contributed by atoms with Crippen LogP contribution in [0.1, 0.15) is 29.8 Å². The lowest BCUT2D eigenvalue weighted by Crippen LogP contribution is -2.49. The second-order valence-electron chi connectivity index (χ2n) is 4.64. The van der Waals surface area contributed by atoms with E-state index in [1.54, 1.807) is 6.92 Å². The Labute approximate surface area is 109 Å². The molecular weight excluding hydrogens is 252 g/mol. The number of hydrogen-bond donors (Lipinski definition) is 2. The highest BCUT2D eigenvalue weighted by molar-refractivity contribution is 5.98. The summed E-state index contributed by atoms with van der Waals surface area (Å²) in [5.41, 5.74) is -1.15. The summed E-state index contributed by atoms with van der Waals surface area (Å²) >= 11 is 0. The molecule has 1 aromatic rings. The van der Waals surface area contributed by atoms with Gasteiger partial charge in [-0.2, -0.15) is 0 Å². The van der Waals surface area contributed by atoms with Crippen molar-refractivity contribution in [1.29, 1.82) is 0 Å². The number of carboxylic acids is 1. The second-order valence-corrected chi connectivity index (χ2v) is 4.64. The molecule has 19 heavy (non-hydrogen) atoms. The van der Waals surface area contributed by atoms with E-state index < -0.39 is 22.3 Å². The fourth-order valence-corrected chi connectivity index (χ4v) is 1.36. The minimum Gasteiger partial charge on any atom is -0.480 e. The first-order valence-corrected chi connectivity index (χ1v) is 5.46. The Morgan fingerprint density at radius 3 is 2.42 bits per heavy atom. The standard InChI is InChI=1S/C12H14N2O5/c1-7-4-5-8(6-9(7)14(18)19)10(15)13-12(2,3)11(16)17/h4-6H,1-3H3,(H,13,15)(H,16,17). The number of carbonyl (C=O) groups is 2. The normalized spacial score (nSPS) is 10.9. The largest absolute Gasteiger partial charge is 0.480 e. The van der Waals surface area contributed by atoms with E-state index in [4.69, 9.17) is 5.11 Å². The monoisotopic (exact) mass is 266 g/mol. The highest BCUT2D eigenvalue weighted by atomic mass is 16.6. The molecular formula is C12H14N2O5. The molecule has 0 atom stereocenters. The summed E-state index contributed by atoms with van der Waals surface area (Å²) in [5, 5.41) is 22.0. The van der Waals surface area contributed by atoms with Gasteiger partial charge in [0.25, 0.3) is 11.6 Å². The van der Waals surface area contributed by atoms with Gasteiger partial charge in [-0.05, 0) is 26.8 Å². The Kier molecular flexibility index (Phi) is 3.89. The first-order valence-electron chi connectivity index (χ1n) is 5.46. The van der Waals surface area contributed by atoms with Crippen LogP contribution in [0.4, 0.5) is 5.69 Å². The highest BCUT2D eigenvalue weighted by Crippen LogP contribution is 2.19. The lowest BCUT2D eigenvalue weighted by Gasteiger charge is -2.20. The lowest BCUT2D eigenvalue weighted by molar-refractivity contribution is -0.385. The SMILES string of the molecule is Cc1ccc(C(=O)NC(C)(C)C(=O)O)cc1[N+](=O)[O-]. The van der Waals surface area contributed by atoms with Gasteiger partial charge in [0.2, 0.25) is 0 Å². The molecule has 0 unspecified atom stereocenters. The van der Waals surface area contributed by atoms with Crippen molar-refractivity contribution >= 4 is 17.6 Å². The van der Waals surface area contributed by atoms with E-state index >= 15 is 0 Å². The number of hydrogen-bond acceptors (Lipinski definition) is 4. The number of carboxylic acid groups (broad SMARTS) is 1. The minimum absolute atomic E-state index is 0.0478. The number of benzene rings is 1. The average Bonchev–Trinajstić information content (AvgIpc) is 2.28. The maximum Gasteiger partial charge on any atom is 0.328 e. The molecule has 0 aromatic heterocycles. The smallest absolute Gasteiger partial charge is 0.328 e. The molecule has 7 heteroatoms. The van der Waals surface area contributed by atoms with E-state index in [0.29, 0.717) is 5.56 Å². The summed E-state index contributed by atoms with van der Waals surface area (Å²) in [5.74, 6) is -1.86. The number of rotatable bonds is 4. The van der Waals surface area contributed by atoms with Gasteiger partial charge in [-0.25, -0.2) is 4.79 Å². The summed E-state index contributed by atoms with van der Waals surface area (Å²) in [6.07, 6.45) is 0. The lowest BCUT2D eigenvalue weighted by atomic mass is 10.0. The molecule has 0 aliphatic heterocycles. The van der Waals surface area contributed by atoms with Crippen molar-refractivity contribution in [2.75, 3.05) is 0 Å². The molecule has 0 saturated heterocycles. The summed E-state index contributed by atoms with van der Waals surface area (Å²) < 4.78 is 0. The molecule has 1 amide bonds. The molecule has 0 aliphatic rings. The topological polar surface area (TPSA) is 110 Å². The number of nitro benzene ring substituents is 1. The first kappa shape index (κ1) is 14.6.